The highest BCUT2D eigenvalue weighted by atomic mass is 35.5. The number of nitrogens with zero attached hydrogens (tertiary/aromatic N) is 5. The SMILES string of the molecule is Cc1c(Cl)nc2ncnn2c1NCc1ccc(C#N)cc1. The van der Waals surface area contributed by atoms with Gasteiger partial charge in [-0.05, 0) is 24.6 Å². The highest BCUT2D eigenvalue weighted by molar-refractivity contribution is 6.30. The van der Waals surface area contributed by atoms with E-state index in [4.69, 9.17) is 16.9 Å². The Labute approximate surface area is 126 Å². The normalized spacial score (nSPS) is 10.5. The van der Waals surface area contributed by atoms with Crippen LogP contribution in [0.3, 0.4) is 0 Å². The van der Waals surface area contributed by atoms with E-state index in [0.29, 0.717) is 23.0 Å². The van der Waals surface area contributed by atoms with Crippen LogP contribution >= 0.6 is 11.6 Å². The summed E-state index contributed by atoms with van der Waals surface area (Å²) in [5.41, 5.74) is 2.50. The van der Waals surface area contributed by atoms with Gasteiger partial charge in [0.15, 0.2) is 0 Å². The average molecular weight is 299 g/mol. The predicted molar refractivity (Wildman–Crippen MR) is 79.0 cm³/mol. The molecule has 1 N–H and O–H groups in total. The number of anilines is 1. The fourth-order valence-corrected chi connectivity index (χ4v) is 2.15. The van der Waals surface area contributed by atoms with E-state index in [0.717, 1.165) is 16.9 Å². The fourth-order valence-electron chi connectivity index (χ4n) is 1.99. The van der Waals surface area contributed by atoms with Gasteiger partial charge in [0.1, 0.15) is 17.3 Å². The van der Waals surface area contributed by atoms with E-state index in [9.17, 15) is 0 Å². The number of nitriles is 1. The first kappa shape index (κ1) is 13.3. The molecule has 0 spiro atoms. The molecule has 3 rings (SSSR count). The van der Waals surface area contributed by atoms with Crippen LogP contribution in [0.15, 0.2) is 30.6 Å². The number of rotatable bonds is 3. The van der Waals surface area contributed by atoms with Gasteiger partial charge in [0, 0.05) is 12.1 Å². The summed E-state index contributed by atoms with van der Waals surface area (Å²) in [4.78, 5) is 8.19. The van der Waals surface area contributed by atoms with E-state index >= 15 is 0 Å². The molecule has 7 heteroatoms. The van der Waals surface area contributed by atoms with Gasteiger partial charge in [-0.15, -0.1) is 0 Å². The number of nitrogens with one attached hydrogen (secondary N) is 1. The summed E-state index contributed by atoms with van der Waals surface area (Å²) in [5.74, 6) is 1.21. The number of benzene rings is 1. The third-order valence-electron chi connectivity index (χ3n) is 3.15. The van der Waals surface area contributed by atoms with Gasteiger partial charge in [0.05, 0.1) is 11.6 Å². The third-order valence-corrected chi connectivity index (χ3v) is 3.52. The van der Waals surface area contributed by atoms with Gasteiger partial charge in [0.25, 0.3) is 5.78 Å². The summed E-state index contributed by atoms with van der Waals surface area (Å²) >= 11 is 6.10. The largest absolute Gasteiger partial charge is 0.366 e. The quantitative estimate of drug-likeness (QED) is 0.752. The zero-order chi connectivity index (χ0) is 14.8. The van der Waals surface area contributed by atoms with Crippen LogP contribution in [-0.4, -0.2) is 19.6 Å². The van der Waals surface area contributed by atoms with Crippen LogP contribution in [0.2, 0.25) is 5.15 Å². The summed E-state index contributed by atoms with van der Waals surface area (Å²) in [6.45, 7) is 2.46. The van der Waals surface area contributed by atoms with E-state index in [1.54, 1.807) is 16.6 Å². The van der Waals surface area contributed by atoms with E-state index in [1.165, 1.54) is 6.33 Å². The molecule has 2 aromatic heterocycles. The van der Waals surface area contributed by atoms with Crippen LogP contribution in [-0.2, 0) is 6.54 Å². The average Bonchev–Trinajstić information content (AvgIpc) is 2.96. The highest BCUT2D eigenvalue weighted by Crippen LogP contribution is 2.22. The van der Waals surface area contributed by atoms with Crippen molar-refractivity contribution >= 4 is 23.2 Å². The molecule has 0 amide bonds. The minimum absolute atomic E-state index is 0.401. The summed E-state index contributed by atoms with van der Waals surface area (Å²) in [6.07, 6.45) is 1.44. The van der Waals surface area contributed by atoms with Gasteiger partial charge >= 0.3 is 0 Å². The van der Waals surface area contributed by atoms with E-state index in [2.05, 4.69) is 26.5 Å². The first-order valence-electron chi connectivity index (χ1n) is 6.28. The molecule has 0 aliphatic heterocycles. The lowest BCUT2D eigenvalue weighted by Crippen LogP contribution is -2.08. The number of hydrogen-bond donors (Lipinski definition) is 1. The molecule has 6 nitrogen and oxygen atoms in total. The third kappa shape index (κ3) is 2.51. The minimum atomic E-state index is 0.401. The summed E-state index contributed by atoms with van der Waals surface area (Å²) in [6, 6.07) is 9.48. The summed E-state index contributed by atoms with van der Waals surface area (Å²) in [7, 11) is 0. The zero-order valence-corrected chi connectivity index (χ0v) is 12.0. The topological polar surface area (TPSA) is 78.9 Å². The van der Waals surface area contributed by atoms with E-state index in [1.807, 2.05) is 19.1 Å². The molecule has 2 heterocycles. The molecular weight excluding hydrogens is 288 g/mol. The maximum absolute atomic E-state index is 8.79. The number of halogens is 1. The Morgan fingerprint density at radius 1 is 1.33 bits per heavy atom. The van der Waals surface area contributed by atoms with Crippen LogP contribution in [0.5, 0.6) is 0 Å². The van der Waals surface area contributed by atoms with Crippen molar-refractivity contribution in [1.29, 1.82) is 5.26 Å². The van der Waals surface area contributed by atoms with Gasteiger partial charge in [0.2, 0.25) is 0 Å². The summed E-state index contributed by atoms with van der Waals surface area (Å²) < 4.78 is 1.62. The Kier molecular flexibility index (Phi) is 3.42. The Balaban J connectivity index is 1.89. The molecule has 104 valence electrons. The van der Waals surface area contributed by atoms with Crippen molar-refractivity contribution < 1.29 is 0 Å². The van der Waals surface area contributed by atoms with Crippen molar-refractivity contribution in [2.24, 2.45) is 0 Å². The van der Waals surface area contributed by atoms with Crippen molar-refractivity contribution in [1.82, 2.24) is 19.6 Å². The van der Waals surface area contributed by atoms with Crippen molar-refractivity contribution in [3.05, 3.63) is 52.4 Å². The highest BCUT2D eigenvalue weighted by Gasteiger charge is 2.11. The van der Waals surface area contributed by atoms with Gasteiger partial charge in [-0.3, -0.25) is 0 Å². The first-order valence-corrected chi connectivity index (χ1v) is 6.65. The second-order valence-electron chi connectivity index (χ2n) is 4.51. The van der Waals surface area contributed by atoms with Crippen LogP contribution in [0.1, 0.15) is 16.7 Å². The molecule has 0 radical (unpaired) electrons. The predicted octanol–water partition coefficient (Wildman–Crippen LogP) is 2.57. The van der Waals surface area contributed by atoms with Crippen molar-refractivity contribution in [2.45, 2.75) is 13.5 Å². The van der Waals surface area contributed by atoms with Gasteiger partial charge < -0.3 is 5.32 Å². The molecule has 21 heavy (non-hydrogen) atoms. The molecule has 1 aromatic carbocycles. The van der Waals surface area contributed by atoms with Crippen molar-refractivity contribution in [3.8, 4) is 6.07 Å². The van der Waals surface area contributed by atoms with Crippen molar-refractivity contribution in [2.75, 3.05) is 5.32 Å². The van der Waals surface area contributed by atoms with Crippen molar-refractivity contribution in [3.63, 3.8) is 0 Å². The zero-order valence-electron chi connectivity index (χ0n) is 11.2. The minimum Gasteiger partial charge on any atom is -0.366 e. The van der Waals surface area contributed by atoms with E-state index in [-0.39, 0.29) is 0 Å². The molecule has 0 aliphatic carbocycles. The Morgan fingerprint density at radius 3 is 2.81 bits per heavy atom. The number of fused-ring (bicyclic) bond motifs is 1. The van der Waals surface area contributed by atoms with Gasteiger partial charge in [-0.1, -0.05) is 23.7 Å². The van der Waals surface area contributed by atoms with Crippen LogP contribution in [0.25, 0.3) is 5.78 Å². The maximum atomic E-state index is 8.79. The maximum Gasteiger partial charge on any atom is 0.255 e. The number of aromatic nitrogens is 4. The molecule has 0 saturated carbocycles. The van der Waals surface area contributed by atoms with Gasteiger partial charge in [-0.25, -0.2) is 0 Å². The molecule has 0 atom stereocenters. The smallest absolute Gasteiger partial charge is 0.255 e. The lowest BCUT2D eigenvalue weighted by Gasteiger charge is -2.11. The molecule has 0 saturated heterocycles. The lowest BCUT2D eigenvalue weighted by atomic mass is 10.1. The Bertz CT molecular complexity index is 831. The Morgan fingerprint density at radius 2 is 2.10 bits per heavy atom. The molecule has 0 unspecified atom stereocenters. The standard InChI is InChI=1S/C14H11ClN6/c1-9-12(15)20-14-18-8-19-21(14)13(9)17-7-11-4-2-10(6-16)3-5-11/h2-5,8,17H,7H2,1H3. The molecule has 0 fully saturated rings. The fraction of sp³-hybridized carbons (Fsp3) is 0.143. The Hall–Kier alpha value is -2.65. The number of hydrogen-bond acceptors (Lipinski definition) is 5. The van der Waals surface area contributed by atoms with E-state index < -0.39 is 0 Å². The molecule has 3 aromatic rings. The molecule has 0 aliphatic rings. The monoisotopic (exact) mass is 298 g/mol. The second-order valence-corrected chi connectivity index (χ2v) is 4.87. The molecule has 0 bridgehead atoms. The van der Waals surface area contributed by atoms with Crippen LogP contribution < -0.4 is 5.32 Å². The second kappa shape index (κ2) is 5.38. The molecular formula is C14H11ClN6. The van der Waals surface area contributed by atoms with Crippen LogP contribution in [0, 0.1) is 18.3 Å². The summed E-state index contributed by atoms with van der Waals surface area (Å²) in [5, 5.41) is 16.6. The van der Waals surface area contributed by atoms with Crippen LogP contribution in [0.4, 0.5) is 5.82 Å². The lowest BCUT2D eigenvalue weighted by molar-refractivity contribution is 0.914. The first-order chi connectivity index (χ1) is 10.2. The van der Waals surface area contributed by atoms with Gasteiger partial charge in [-0.2, -0.15) is 24.8 Å².